The summed E-state index contributed by atoms with van der Waals surface area (Å²) in [6, 6.07) is 3.58. The van der Waals surface area contributed by atoms with E-state index in [9.17, 15) is 28.1 Å². The summed E-state index contributed by atoms with van der Waals surface area (Å²) in [6.07, 6.45) is 5.75. The van der Waals surface area contributed by atoms with E-state index in [0.717, 1.165) is 32.1 Å². The molecule has 1 saturated carbocycles. The fourth-order valence-corrected chi connectivity index (χ4v) is 7.37. The van der Waals surface area contributed by atoms with Gasteiger partial charge in [0.15, 0.2) is 0 Å². The number of aromatic nitrogens is 1. The molecule has 2 aliphatic heterocycles. The highest BCUT2D eigenvalue weighted by atomic mass is 32.2. The van der Waals surface area contributed by atoms with E-state index >= 15 is 0 Å². The Labute approximate surface area is 236 Å². The number of amides is 2. The lowest BCUT2D eigenvalue weighted by Gasteiger charge is -2.33. The van der Waals surface area contributed by atoms with E-state index in [1.54, 1.807) is 11.8 Å². The van der Waals surface area contributed by atoms with Crippen LogP contribution in [-0.2, 0) is 30.9 Å². The van der Waals surface area contributed by atoms with Gasteiger partial charge in [0.05, 0.1) is 35.7 Å². The molecule has 1 aliphatic carbocycles. The van der Waals surface area contributed by atoms with Crippen molar-refractivity contribution in [1.82, 2.24) is 14.6 Å². The van der Waals surface area contributed by atoms with Crippen molar-refractivity contribution < 1.29 is 27.5 Å². The van der Waals surface area contributed by atoms with Gasteiger partial charge >= 0.3 is 5.97 Å². The minimum Gasteiger partial charge on any atom is -0.462 e. The number of anilines is 1. The van der Waals surface area contributed by atoms with Crippen molar-refractivity contribution in [2.45, 2.75) is 71.8 Å². The number of carbonyl (C=O) groups is 3. The Morgan fingerprint density at radius 2 is 1.85 bits per heavy atom. The number of nitrogens with one attached hydrogen (secondary N) is 1. The standard InChI is InChI=1S/C28H39N5O6S/c1-3-39-28(36)23-15-22(16-29)26(30-24(23)17-33-12-4-5-25(33)34)32-13-10-21(11-14-32)27(35)31-40(37,38)18-20-8-6-19(2)7-9-20/h15,19-21H,3-14,17-18H2,1-2H3,(H,31,35). The highest BCUT2D eigenvalue weighted by molar-refractivity contribution is 7.90. The number of nitriles is 1. The van der Waals surface area contributed by atoms with E-state index in [2.05, 4.69) is 22.7 Å². The lowest BCUT2D eigenvalue weighted by molar-refractivity contribution is -0.128. The zero-order valence-corrected chi connectivity index (χ0v) is 24.2. The first kappa shape index (κ1) is 29.8. The average Bonchev–Trinajstić information content (AvgIpc) is 3.33. The van der Waals surface area contributed by atoms with Crippen molar-refractivity contribution in [2.24, 2.45) is 17.8 Å². The summed E-state index contributed by atoms with van der Waals surface area (Å²) >= 11 is 0. The van der Waals surface area contributed by atoms with Gasteiger partial charge in [-0.15, -0.1) is 0 Å². The number of hydrogen-bond donors (Lipinski definition) is 1. The molecule has 0 unspecified atom stereocenters. The van der Waals surface area contributed by atoms with Gasteiger partial charge in [-0.25, -0.2) is 18.2 Å². The first-order chi connectivity index (χ1) is 19.1. The number of likely N-dealkylation sites (tertiary alicyclic amines) is 1. The number of ether oxygens (including phenoxy) is 1. The maximum atomic E-state index is 12.9. The molecular formula is C28H39N5O6S. The van der Waals surface area contributed by atoms with Crippen molar-refractivity contribution in [3.63, 3.8) is 0 Å². The quantitative estimate of drug-likeness (QED) is 0.440. The molecule has 3 heterocycles. The van der Waals surface area contributed by atoms with E-state index < -0.39 is 27.8 Å². The lowest BCUT2D eigenvalue weighted by atomic mass is 9.84. The Hall–Kier alpha value is -3.20. The number of carbonyl (C=O) groups excluding carboxylic acids is 3. The summed E-state index contributed by atoms with van der Waals surface area (Å²) < 4.78 is 32.9. The number of pyridine rings is 1. The van der Waals surface area contributed by atoms with Crippen LogP contribution in [0.5, 0.6) is 0 Å². The molecule has 3 fully saturated rings. The van der Waals surface area contributed by atoms with Crippen LogP contribution in [0.25, 0.3) is 0 Å². The number of sulfonamides is 1. The molecular weight excluding hydrogens is 534 g/mol. The van der Waals surface area contributed by atoms with Crippen LogP contribution in [0.4, 0.5) is 5.82 Å². The summed E-state index contributed by atoms with van der Waals surface area (Å²) in [5.41, 5.74) is 0.728. The molecule has 0 atom stereocenters. The highest BCUT2D eigenvalue weighted by Crippen LogP contribution is 2.30. The minimum absolute atomic E-state index is 0.0117. The Bertz CT molecular complexity index is 1260. The molecule has 0 bridgehead atoms. The van der Waals surface area contributed by atoms with Gasteiger partial charge < -0.3 is 14.5 Å². The van der Waals surface area contributed by atoms with E-state index in [-0.39, 0.29) is 41.9 Å². The molecule has 1 aromatic rings. The van der Waals surface area contributed by atoms with Crippen LogP contribution in [0.2, 0.25) is 0 Å². The van der Waals surface area contributed by atoms with E-state index in [0.29, 0.717) is 56.3 Å². The molecule has 1 N–H and O–H groups in total. The van der Waals surface area contributed by atoms with Gasteiger partial charge in [0, 0.05) is 32.0 Å². The fraction of sp³-hybridized carbons (Fsp3) is 0.679. The summed E-state index contributed by atoms with van der Waals surface area (Å²) in [5, 5.41) is 9.86. The van der Waals surface area contributed by atoms with E-state index in [1.165, 1.54) is 6.07 Å². The molecule has 1 aromatic heterocycles. The summed E-state index contributed by atoms with van der Waals surface area (Å²) in [4.78, 5) is 46.0. The smallest absolute Gasteiger partial charge is 0.340 e. The van der Waals surface area contributed by atoms with Crippen LogP contribution in [0.15, 0.2) is 6.07 Å². The second-order valence-corrected chi connectivity index (χ2v) is 13.0. The first-order valence-corrected chi connectivity index (χ1v) is 15.9. The SMILES string of the molecule is CCOC(=O)c1cc(C#N)c(N2CCC(C(=O)NS(=O)(=O)CC3CCC(C)CC3)CC2)nc1CN1CCCC1=O. The molecule has 11 nitrogen and oxygen atoms in total. The second-order valence-electron chi connectivity index (χ2n) is 11.2. The number of rotatable bonds is 9. The monoisotopic (exact) mass is 573 g/mol. The third kappa shape index (κ3) is 7.30. The molecule has 218 valence electrons. The van der Waals surface area contributed by atoms with Gasteiger partial charge in [-0.05, 0) is 56.9 Å². The van der Waals surface area contributed by atoms with Crippen molar-refractivity contribution in [1.29, 1.82) is 5.26 Å². The first-order valence-electron chi connectivity index (χ1n) is 14.3. The number of nitrogens with zero attached hydrogens (tertiary/aromatic N) is 4. The number of piperidine rings is 1. The maximum Gasteiger partial charge on any atom is 0.340 e. The average molecular weight is 574 g/mol. The largest absolute Gasteiger partial charge is 0.462 e. The van der Waals surface area contributed by atoms with Gasteiger partial charge in [0.25, 0.3) is 0 Å². The van der Waals surface area contributed by atoms with Crippen molar-refractivity contribution in [3.05, 3.63) is 22.9 Å². The number of esters is 1. The van der Waals surface area contributed by atoms with Gasteiger partial charge in [0.1, 0.15) is 11.9 Å². The van der Waals surface area contributed by atoms with Crippen LogP contribution in [0, 0.1) is 29.1 Å². The van der Waals surface area contributed by atoms with Gasteiger partial charge in [-0.2, -0.15) is 5.26 Å². The molecule has 2 amide bonds. The molecule has 0 spiro atoms. The molecule has 2 saturated heterocycles. The molecule has 0 radical (unpaired) electrons. The van der Waals surface area contributed by atoms with Gasteiger partial charge in [-0.3, -0.25) is 14.3 Å². The Morgan fingerprint density at radius 3 is 2.45 bits per heavy atom. The lowest BCUT2D eigenvalue weighted by Crippen LogP contribution is -2.44. The number of hydrogen-bond acceptors (Lipinski definition) is 9. The van der Waals surface area contributed by atoms with Gasteiger partial charge in [0.2, 0.25) is 21.8 Å². The minimum atomic E-state index is -3.71. The predicted octanol–water partition coefficient (Wildman–Crippen LogP) is 2.74. The third-order valence-corrected chi connectivity index (χ3v) is 9.64. The van der Waals surface area contributed by atoms with Crippen LogP contribution >= 0.6 is 0 Å². The third-order valence-electron chi connectivity index (χ3n) is 8.22. The summed E-state index contributed by atoms with van der Waals surface area (Å²) in [7, 11) is -3.71. The van der Waals surface area contributed by atoms with E-state index in [4.69, 9.17) is 4.74 Å². The van der Waals surface area contributed by atoms with Crippen LogP contribution in [0.3, 0.4) is 0 Å². The second kappa shape index (κ2) is 13.0. The Balaban J connectivity index is 1.43. The molecule has 40 heavy (non-hydrogen) atoms. The van der Waals surface area contributed by atoms with Crippen LogP contribution in [0.1, 0.15) is 86.8 Å². The van der Waals surface area contributed by atoms with Crippen molar-refractivity contribution in [3.8, 4) is 6.07 Å². The summed E-state index contributed by atoms with van der Waals surface area (Å²) in [5.74, 6) is -0.492. The fourth-order valence-electron chi connectivity index (χ4n) is 5.86. The molecule has 4 rings (SSSR count). The maximum absolute atomic E-state index is 12.9. The Kier molecular flexibility index (Phi) is 9.66. The molecule has 3 aliphatic rings. The zero-order valence-electron chi connectivity index (χ0n) is 23.4. The normalized spacial score (nSPS) is 22.2. The van der Waals surface area contributed by atoms with Crippen molar-refractivity contribution >= 4 is 33.6 Å². The molecule has 0 aromatic carbocycles. The van der Waals surface area contributed by atoms with Crippen molar-refractivity contribution in [2.75, 3.05) is 36.9 Å². The zero-order chi connectivity index (χ0) is 28.9. The van der Waals surface area contributed by atoms with Crippen LogP contribution in [-0.4, -0.2) is 68.1 Å². The highest BCUT2D eigenvalue weighted by Gasteiger charge is 2.32. The van der Waals surface area contributed by atoms with Crippen LogP contribution < -0.4 is 9.62 Å². The summed E-state index contributed by atoms with van der Waals surface area (Å²) in [6.45, 7) is 5.52. The van der Waals surface area contributed by atoms with Gasteiger partial charge in [-0.1, -0.05) is 19.8 Å². The molecule has 12 heteroatoms. The topological polar surface area (TPSA) is 150 Å². The van der Waals surface area contributed by atoms with E-state index in [1.807, 2.05) is 4.90 Å². The predicted molar refractivity (Wildman–Crippen MR) is 148 cm³/mol. The Morgan fingerprint density at radius 1 is 1.15 bits per heavy atom.